The summed E-state index contributed by atoms with van der Waals surface area (Å²) < 4.78 is 1.84. The standard InChI is InChI=1S/C13H12N4/c1-17-11-7-10(9-5-3-2-4-6-9)8-15-12(11)16-13(17)14/h2-8H,1H3,(H2,14,15,16)/i7+2,8+2,10+2,11+2,12+2,13+2. The van der Waals surface area contributed by atoms with Gasteiger partial charge in [0.1, 0.15) is 0 Å². The lowest BCUT2D eigenvalue weighted by molar-refractivity contribution is 0.965. The Labute approximate surface area is 98.7 Å². The largest absolute Gasteiger partial charge is 0.369 e. The Balaban J connectivity index is 2.23. The maximum absolute atomic E-state index is 5.75. The molecule has 0 saturated carbocycles. The van der Waals surface area contributed by atoms with Crippen molar-refractivity contribution in [1.29, 1.82) is 0 Å². The van der Waals surface area contributed by atoms with E-state index in [0.29, 0.717) is 11.6 Å². The number of hydrogen-bond donors (Lipinski definition) is 1. The first kappa shape index (κ1) is 9.84. The van der Waals surface area contributed by atoms with Gasteiger partial charge in [-0.3, -0.25) is 0 Å². The second kappa shape index (κ2) is 3.59. The predicted octanol–water partition coefficient (Wildman–Crippen LogP) is 2.22. The van der Waals surface area contributed by atoms with Gasteiger partial charge in [-0.1, -0.05) is 30.3 Å². The molecule has 3 aromatic rings. The van der Waals surface area contributed by atoms with E-state index in [9.17, 15) is 0 Å². The first-order valence-corrected chi connectivity index (χ1v) is 5.39. The van der Waals surface area contributed by atoms with Gasteiger partial charge in [0.05, 0.1) is 5.52 Å². The minimum atomic E-state index is 0.484. The van der Waals surface area contributed by atoms with Gasteiger partial charge in [-0.25, -0.2) is 4.98 Å². The third-order valence-electron chi connectivity index (χ3n) is 2.88. The Morgan fingerprint density at radius 2 is 2.06 bits per heavy atom. The fraction of sp³-hybridized carbons (Fsp3) is 0.0769. The quantitative estimate of drug-likeness (QED) is 0.704. The van der Waals surface area contributed by atoms with Crippen LogP contribution in [0.3, 0.4) is 0 Å². The fourth-order valence-electron chi connectivity index (χ4n) is 1.87. The van der Waals surface area contributed by atoms with Gasteiger partial charge in [-0.15, -0.1) is 0 Å². The number of aromatic nitrogens is 3. The molecule has 84 valence electrons. The highest BCUT2D eigenvalue weighted by molar-refractivity contribution is 5.80. The summed E-state index contributed by atoms with van der Waals surface area (Å²) in [4.78, 5) is 8.50. The second-order valence-corrected chi connectivity index (χ2v) is 3.96. The minimum absolute atomic E-state index is 0.484. The van der Waals surface area contributed by atoms with Crippen LogP contribution < -0.4 is 5.73 Å². The van der Waals surface area contributed by atoms with Gasteiger partial charge in [-0.2, -0.15) is 4.98 Å². The molecule has 0 atom stereocenters. The van der Waals surface area contributed by atoms with Crippen molar-refractivity contribution in [2.75, 3.05) is 5.73 Å². The number of rotatable bonds is 1. The lowest BCUT2D eigenvalue weighted by Gasteiger charge is -2.01. The Bertz CT molecular complexity index is 670. The maximum atomic E-state index is 5.75. The van der Waals surface area contributed by atoms with Crippen LogP contribution >= 0.6 is 0 Å². The molecule has 2 N–H and O–H groups in total. The van der Waals surface area contributed by atoms with E-state index in [4.69, 9.17) is 5.73 Å². The number of nitrogens with two attached hydrogens (primary N) is 1. The summed E-state index contributed by atoms with van der Waals surface area (Å²) in [7, 11) is 1.89. The van der Waals surface area contributed by atoms with E-state index in [1.165, 1.54) is 0 Å². The van der Waals surface area contributed by atoms with Gasteiger partial charge in [0, 0.05) is 18.8 Å². The zero-order chi connectivity index (χ0) is 11.8. The normalized spacial score (nSPS) is 10.9. The third-order valence-corrected chi connectivity index (χ3v) is 2.88. The van der Waals surface area contributed by atoms with Crippen LogP contribution in [0.2, 0.25) is 0 Å². The third kappa shape index (κ3) is 1.54. The number of hydrogen-bond acceptors (Lipinski definition) is 3. The Morgan fingerprint density at radius 1 is 1.29 bits per heavy atom. The molecule has 0 aliphatic carbocycles. The summed E-state index contributed by atoms with van der Waals surface area (Å²) in [6.07, 6.45) is 1.82. The summed E-state index contributed by atoms with van der Waals surface area (Å²) >= 11 is 0. The zero-order valence-corrected chi connectivity index (χ0v) is 9.46. The molecule has 2 heterocycles. The molecule has 4 heteroatoms. The van der Waals surface area contributed by atoms with Gasteiger partial charge in [0.15, 0.2) is 5.65 Å². The lowest BCUT2D eigenvalue weighted by Crippen LogP contribution is -1.96. The number of pyridine rings is 1. The molecule has 0 aliphatic heterocycles. The van der Waals surface area contributed by atoms with Crippen molar-refractivity contribution in [3.8, 4) is 11.1 Å². The molecule has 0 spiro atoms. The summed E-state index contributed by atoms with van der Waals surface area (Å²) in [5.41, 5.74) is 9.60. The van der Waals surface area contributed by atoms with Crippen LogP contribution in [0.5, 0.6) is 0 Å². The summed E-state index contributed by atoms with van der Waals surface area (Å²) in [6, 6.07) is 12.2. The average Bonchev–Trinajstić information content (AvgIpc) is 2.66. The molecule has 1 aromatic carbocycles. The van der Waals surface area contributed by atoms with Gasteiger partial charge in [0.25, 0.3) is 0 Å². The zero-order valence-electron chi connectivity index (χ0n) is 9.46. The molecule has 0 saturated heterocycles. The smallest absolute Gasteiger partial charge is 0.202 e. The SMILES string of the molecule is Cn1[14c](N)n[14c]2n[14cH][14c](-c3ccccc3)[14cH][14c]21. The number of aryl methyl sites for hydroxylation is 1. The fourth-order valence-corrected chi connectivity index (χ4v) is 1.87. The van der Waals surface area contributed by atoms with Crippen molar-refractivity contribution in [1.82, 2.24) is 14.5 Å². The number of anilines is 1. The number of benzene rings is 1. The summed E-state index contributed by atoms with van der Waals surface area (Å²) in [6.45, 7) is 0. The number of fused-ring (bicyclic) bond motifs is 1. The molecule has 0 bridgehead atoms. The topological polar surface area (TPSA) is 56.7 Å². The van der Waals surface area contributed by atoms with E-state index in [1.54, 1.807) is 0 Å². The molecular weight excluding hydrogens is 224 g/mol. The highest BCUT2D eigenvalue weighted by Gasteiger charge is 2.07. The molecule has 0 unspecified atom stereocenters. The first-order valence-electron chi connectivity index (χ1n) is 5.39. The highest BCUT2D eigenvalue weighted by atomic mass is 16.0. The van der Waals surface area contributed by atoms with E-state index < -0.39 is 0 Å². The van der Waals surface area contributed by atoms with Crippen LogP contribution in [-0.4, -0.2) is 14.5 Å². The molecule has 0 aliphatic rings. The van der Waals surface area contributed by atoms with E-state index >= 15 is 0 Å². The molecule has 4 nitrogen and oxygen atoms in total. The summed E-state index contributed by atoms with van der Waals surface area (Å²) in [5.74, 6) is 0.484. The highest BCUT2D eigenvalue weighted by Crippen LogP contribution is 2.22. The average molecular weight is 236 g/mol. The van der Waals surface area contributed by atoms with Crippen LogP contribution in [0.15, 0.2) is 42.6 Å². The van der Waals surface area contributed by atoms with Crippen LogP contribution in [0.4, 0.5) is 5.95 Å². The van der Waals surface area contributed by atoms with Crippen molar-refractivity contribution in [2.24, 2.45) is 7.05 Å². The van der Waals surface area contributed by atoms with Crippen molar-refractivity contribution in [3.05, 3.63) is 42.6 Å². The Kier molecular flexibility index (Phi) is 2.08. The molecule has 2 aromatic heterocycles. The molecular formula is C13H12N4. The van der Waals surface area contributed by atoms with Gasteiger partial charge in [0.2, 0.25) is 5.95 Å². The maximum Gasteiger partial charge on any atom is 0.202 e. The molecule has 0 amide bonds. The predicted molar refractivity (Wildman–Crippen MR) is 68.4 cm³/mol. The van der Waals surface area contributed by atoms with E-state index in [1.807, 2.05) is 36.0 Å². The Hall–Kier alpha value is -2.36. The number of nitrogens with zero attached hydrogens (tertiary/aromatic N) is 3. The van der Waals surface area contributed by atoms with Crippen LogP contribution in [-0.2, 0) is 7.05 Å². The van der Waals surface area contributed by atoms with E-state index in [-0.39, 0.29) is 0 Å². The second-order valence-electron chi connectivity index (χ2n) is 3.96. The summed E-state index contributed by atoms with van der Waals surface area (Å²) in [5, 5.41) is 0. The minimum Gasteiger partial charge on any atom is -0.369 e. The number of imidazole rings is 1. The lowest BCUT2D eigenvalue weighted by atomic mass is 10.3. The van der Waals surface area contributed by atoms with Crippen LogP contribution in [0, 0.1) is 0 Å². The molecule has 17 heavy (non-hydrogen) atoms. The van der Waals surface area contributed by atoms with Crippen molar-refractivity contribution in [3.63, 3.8) is 0 Å². The van der Waals surface area contributed by atoms with Crippen LogP contribution in [0.1, 0.15) is 0 Å². The monoisotopic (exact) mass is 236 g/mol. The van der Waals surface area contributed by atoms with Crippen molar-refractivity contribution >= 4 is 17.1 Å². The van der Waals surface area contributed by atoms with Crippen LogP contribution in [0.25, 0.3) is 22.3 Å². The van der Waals surface area contributed by atoms with E-state index in [2.05, 4.69) is 28.2 Å². The molecule has 3 rings (SSSR count). The van der Waals surface area contributed by atoms with Gasteiger partial charge < -0.3 is 10.3 Å². The molecule has 0 fully saturated rings. The van der Waals surface area contributed by atoms with Crippen molar-refractivity contribution in [2.45, 2.75) is 0 Å². The Morgan fingerprint density at radius 3 is 2.82 bits per heavy atom. The molecule has 0 radical (unpaired) electrons. The van der Waals surface area contributed by atoms with Crippen molar-refractivity contribution < 1.29 is 0 Å². The first-order chi connectivity index (χ1) is 8.25. The van der Waals surface area contributed by atoms with Gasteiger partial charge in [-0.05, 0) is 11.6 Å². The number of nitrogen functional groups attached to an aromatic ring is 1. The van der Waals surface area contributed by atoms with E-state index in [0.717, 1.165) is 16.6 Å². The van der Waals surface area contributed by atoms with Gasteiger partial charge >= 0.3 is 0 Å².